The fourth-order valence-corrected chi connectivity index (χ4v) is 4.47. The summed E-state index contributed by atoms with van der Waals surface area (Å²) in [4.78, 5) is 12.0. The molecule has 0 aromatic carbocycles. The van der Waals surface area contributed by atoms with Gasteiger partial charge in [0, 0.05) is 11.8 Å². The maximum Gasteiger partial charge on any atom is 0.337 e. The van der Waals surface area contributed by atoms with Crippen LogP contribution in [0.2, 0.25) is 0 Å². The molecule has 2 bridgehead atoms. The van der Waals surface area contributed by atoms with E-state index in [0.717, 1.165) is 0 Å². The van der Waals surface area contributed by atoms with E-state index in [4.69, 9.17) is 23.7 Å². The molecule has 26 heavy (non-hydrogen) atoms. The third kappa shape index (κ3) is 2.74. The molecule has 1 saturated carbocycles. The van der Waals surface area contributed by atoms with Crippen molar-refractivity contribution in [1.82, 2.24) is 0 Å². The average Bonchev–Trinajstić information content (AvgIpc) is 3.07. The van der Waals surface area contributed by atoms with Gasteiger partial charge in [-0.15, -0.1) is 0 Å². The molecule has 4 rings (SSSR count). The van der Waals surface area contributed by atoms with Gasteiger partial charge in [0.2, 0.25) is 6.29 Å². The van der Waals surface area contributed by atoms with Crippen LogP contribution in [0.15, 0.2) is 11.8 Å². The Bertz CT molecular complexity index is 593. The molecule has 3 fully saturated rings. The molecule has 1 aliphatic carbocycles. The van der Waals surface area contributed by atoms with E-state index in [0.29, 0.717) is 12.0 Å². The van der Waals surface area contributed by atoms with Gasteiger partial charge in [-0.05, 0) is 12.3 Å². The van der Waals surface area contributed by atoms with Gasteiger partial charge in [-0.25, -0.2) is 4.79 Å². The third-order valence-electron chi connectivity index (χ3n) is 6.00. The highest BCUT2D eigenvalue weighted by atomic mass is 16.8. The molecule has 3 heterocycles. The summed E-state index contributed by atoms with van der Waals surface area (Å²) >= 11 is 0. The second kappa shape index (κ2) is 6.74. The number of esters is 1. The fraction of sp³-hybridized carbons (Fsp3) is 0.824. The van der Waals surface area contributed by atoms with Crippen molar-refractivity contribution >= 4 is 5.97 Å². The van der Waals surface area contributed by atoms with Crippen molar-refractivity contribution in [2.75, 3.05) is 13.7 Å². The number of hydrogen-bond acceptors (Lipinski definition) is 9. The van der Waals surface area contributed by atoms with E-state index in [9.17, 15) is 20.1 Å². The number of rotatable bonds is 3. The van der Waals surface area contributed by atoms with Gasteiger partial charge >= 0.3 is 5.97 Å². The normalized spacial score (nSPS) is 50.0. The number of aliphatic hydroxyl groups excluding tert-OH is 3. The zero-order valence-electron chi connectivity index (χ0n) is 14.6. The molecular weight excluding hydrogens is 348 g/mol. The second-order valence-electron chi connectivity index (χ2n) is 7.37. The topological polar surface area (TPSA) is 124 Å². The molecule has 0 unspecified atom stereocenters. The van der Waals surface area contributed by atoms with Gasteiger partial charge in [0.15, 0.2) is 6.29 Å². The van der Waals surface area contributed by atoms with Gasteiger partial charge in [-0.2, -0.15) is 0 Å². The molecule has 0 amide bonds. The molecule has 3 N–H and O–H groups in total. The van der Waals surface area contributed by atoms with E-state index in [1.807, 2.05) is 6.92 Å². The van der Waals surface area contributed by atoms with Crippen LogP contribution in [0.5, 0.6) is 0 Å². The molecule has 0 aromatic heterocycles. The van der Waals surface area contributed by atoms with Crippen LogP contribution in [0.1, 0.15) is 13.3 Å². The molecule has 9 nitrogen and oxygen atoms in total. The maximum absolute atomic E-state index is 12.0. The Labute approximate surface area is 150 Å². The van der Waals surface area contributed by atoms with Crippen LogP contribution < -0.4 is 0 Å². The lowest BCUT2D eigenvalue weighted by molar-refractivity contribution is -0.318. The molecule has 10 atom stereocenters. The summed E-state index contributed by atoms with van der Waals surface area (Å²) in [6, 6.07) is 0. The molecular formula is C17H24O9. The lowest BCUT2D eigenvalue weighted by atomic mass is 9.83. The molecule has 4 aliphatic rings. The summed E-state index contributed by atoms with van der Waals surface area (Å²) in [5.74, 6) is -1.25. The van der Waals surface area contributed by atoms with Crippen LogP contribution in [-0.4, -0.2) is 78.1 Å². The Balaban J connectivity index is 1.53. The van der Waals surface area contributed by atoms with Gasteiger partial charge < -0.3 is 39.0 Å². The second-order valence-corrected chi connectivity index (χ2v) is 7.37. The molecule has 0 aromatic rings. The number of aliphatic hydroxyl groups is 3. The van der Waals surface area contributed by atoms with Crippen molar-refractivity contribution < 1.29 is 43.8 Å². The smallest absolute Gasteiger partial charge is 0.337 e. The van der Waals surface area contributed by atoms with Gasteiger partial charge in [0.05, 0.1) is 31.7 Å². The summed E-state index contributed by atoms with van der Waals surface area (Å²) < 4.78 is 27.3. The molecule has 9 heteroatoms. The van der Waals surface area contributed by atoms with Crippen LogP contribution in [-0.2, 0) is 28.5 Å². The highest BCUT2D eigenvalue weighted by Crippen LogP contribution is 2.47. The standard InChI is InChI=1S/C17H24O9/c1-6-9(18)3-7-8(15(21)22-2)4-24-16(11(6)7)26-17-13(20)14-12(19)10(25-17)5-23-14/h4,6-7,9-14,16-20H,3,5H2,1-2H3/t6-,7+,9-,10+,11+,12+,13+,14-,16-,17-/m0/s1. The Hall–Kier alpha value is -1.23. The van der Waals surface area contributed by atoms with E-state index in [1.54, 1.807) is 0 Å². The minimum atomic E-state index is -1.17. The Morgan fingerprint density at radius 2 is 2.00 bits per heavy atom. The number of hydrogen-bond donors (Lipinski definition) is 3. The zero-order valence-corrected chi connectivity index (χ0v) is 14.6. The van der Waals surface area contributed by atoms with Crippen molar-refractivity contribution in [2.24, 2.45) is 17.8 Å². The Kier molecular flexibility index (Phi) is 4.70. The van der Waals surface area contributed by atoms with Crippen molar-refractivity contribution in [3.8, 4) is 0 Å². The van der Waals surface area contributed by atoms with E-state index in [1.165, 1.54) is 13.4 Å². The third-order valence-corrected chi connectivity index (χ3v) is 6.00. The van der Waals surface area contributed by atoms with E-state index in [2.05, 4.69) is 0 Å². The van der Waals surface area contributed by atoms with Crippen LogP contribution in [0.25, 0.3) is 0 Å². The van der Waals surface area contributed by atoms with Crippen LogP contribution in [0, 0.1) is 17.8 Å². The summed E-state index contributed by atoms with van der Waals surface area (Å²) in [6.45, 7) is 2.05. The number of ether oxygens (including phenoxy) is 5. The minimum Gasteiger partial charge on any atom is -0.472 e. The number of carbonyl (C=O) groups excluding carboxylic acids is 1. The van der Waals surface area contributed by atoms with E-state index < -0.39 is 49.1 Å². The van der Waals surface area contributed by atoms with E-state index >= 15 is 0 Å². The maximum atomic E-state index is 12.0. The highest BCUT2D eigenvalue weighted by Gasteiger charge is 2.55. The first kappa shape index (κ1) is 18.1. The Morgan fingerprint density at radius 3 is 2.73 bits per heavy atom. The van der Waals surface area contributed by atoms with Gasteiger partial charge in [-0.3, -0.25) is 0 Å². The van der Waals surface area contributed by atoms with E-state index in [-0.39, 0.29) is 24.4 Å². The monoisotopic (exact) mass is 372 g/mol. The van der Waals surface area contributed by atoms with Gasteiger partial charge in [0.1, 0.15) is 24.4 Å². The predicted octanol–water partition coefficient (Wildman–Crippen LogP) is -1.11. The lowest BCUT2D eigenvalue weighted by Crippen LogP contribution is -2.55. The van der Waals surface area contributed by atoms with Crippen molar-refractivity contribution in [3.63, 3.8) is 0 Å². The fourth-order valence-electron chi connectivity index (χ4n) is 4.47. The predicted molar refractivity (Wildman–Crippen MR) is 83.2 cm³/mol. The number of fused-ring (bicyclic) bond motifs is 3. The molecule has 146 valence electrons. The Morgan fingerprint density at radius 1 is 1.23 bits per heavy atom. The van der Waals surface area contributed by atoms with Crippen LogP contribution in [0.4, 0.5) is 0 Å². The molecule has 3 aliphatic heterocycles. The number of carbonyl (C=O) groups is 1. The van der Waals surface area contributed by atoms with Gasteiger partial charge in [-0.1, -0.05) is 6.92 Å². The zero-order chi connectivity index (χ0) is 18.6. The molecule has 2 saturated heterocycles. The van der Waals surface area contributed by atoms with Crippen molar-refractivity contribution in [2.45, 2.75) is 56.4 Å². The molecule has 0 radical (unpaired) electrons. The van der Waals surface area contributed by atoms with Crippen molar-refractivity contribution in [1.29, 1.82) is 0 Å². The van der Waals surface area contributed by atoms with Gasteiger partial charge in [0.25, 0.3) is 0 Å². The first-order chi connectivity index (χ1) is 12.4. The largest absolute Gasteiger partial charge is 0.472 e. The van der Waals surface area contributed by atoms with Crippen LogP contribution in [0.3, 0.4) is 0 Å². The van der Waals surface area contributed by atoms with Crippen LogP contribution >= 0.6 is 0 Å². The number of methoxy groups -OCH3 is 1. The summed E-state index contributed by atoms with van der Waals surface area (Å²) in [5.41, 5.74) is 0.365. The minimum absolute atomic E-state index is 0.182. The highest BCUT2D eigenvalue weighted by molar-refractivity contribution is 5.89. The summed E-state index contributed by atoms with van der Waals surface area (Å²) in [7, 11) is 1.29. The SMILES string of the molecule is COC(=O)C1=CO[C@@H](O[C@@H]2O[C@@H]3CO[C@H]([C@H]2O)[C@@H]3O)[C@@H]2[C@@H](C)[C@@H](O)C[C@H]12. The lowest BCUT2D eigenvalue weighted by Gasteiger charge is -2.40. The van der Waals surface area contributed by atoms with Crippen molar-refractivity contribution in [3.05, 3.63) is 11.8 Å². The molecule has 0 spiro atoms. The quantitative estimate of drug-likeness (QED) is 0.529. The first-order valence-electron chi connectivity index (χ1n) is 8.83. The first-order valence-corrected chi connectivity index (χ1v) is 8.83. The summed E-state index contributed by atoms with van der Waals surface area (Å²) in [6.07, 6.45) is -4.15. The average molecular weight is 372 g/mol. The summed E-state index contributed by atoms with van der Waals surface area (Å²) in [5, 5.41) is 30.6.